The summed E-state index contributed by atoms with van der Waals surface area (Å²) in [6, 6.07) is 6.94. The van der Waals surface area contributed by atoms with Gasteiger partial charge in [-0.15, -0.1) is 0 Å². The molecule has 0 radical (unpaired) electrons. The van der Waals surface area contributed by atoms with Crippen molar-refractivity contribution in [3.05, 3.63) is 23.8 Å². The van der Waals surface area contributed by atoms with Crippen molar-refractivity contribution in [1.82, 2.24) is 10.2 Å². The maximum atomic E-state index is 10.2. The van der Waals surface area contributed by atoms with Gasteiger partial charge in [-0.05, 0) is 63.9 Å². The Morgan fingerprint density at radius 1 is 1.33 bits per heavy atom. The van der Waals surface area contributed by atoms with Crippen LogP contribution >= 0.6 is 0 Å². The van der Waals surface area contributed by atoms with Gasteiger partial charge in [0, 0.05) is 23.7 Å². The molecule has 4 nitrogen and oxygen atoms in total. The molecule has 0 bridgehead atoms. The van der Waals surface area contributed by atoms with Crippen molar-refractivity contribution < 1.29 is 9.84 Å². The summed E-state index contributed by atoms with van der Waals surface area (Å²) in [5.74, 6) is 1.18. The fraction of sp³-hybridized carbons (Fsp3) is 0.647. The first-order valence-corrected chi connectivity index (χ1v) is 8.06. The predicted octanol–water partition coefficient (Wildman–Crippen LogP) is 2.68. The fourth-order valence-corrected chi connectivity index (χ4v) is 3.94. The molecule has 0 aromatic heterocycles. The first-order valence-electron chi connectivity index (χ1n) is 8.06. The summed E-state index contributed by atoms with van der Waals surface area (Å²) in [6.45, 7) is 4.45. The van der Waals surface area contributed by atoms with E-state index < -0.39 is 0 Å². The molecule has 3 unspecified atom stereocenters. The van der Waals surface area contributed by atoms with E-state index in [2.05, 4.69) is 17.1 Å². The number of rotatable bonds is 4. The predicted molar refractivity (Wildman–Crippen MR) is 83.8 cm³/mol. The molecule has 0 saturated carbocycles. The lowest BCUT2D eigenvalue weighted by molar-refractivity contribution is 0.161. The van der Waals surface area contributed by atoms with E-state index in [1.807, 2.05) is 12.1 Å². The van der Waals surface area contributed by atoms with Crippen LogP contribution in [0.2, 0.25) is 0 Å². The number of benzene rings is 1. The lowest BCUT2D eigenvalue weighted by Gasteiger charge is -2.34. The van der Waals surface area contributed by atoms with Gasteiger partial charge in [0.2, 0.25) is 0 Å². The number of methoxy groups -OCH3 is 1. The Hall–Kier alpha value is -1.26. The van der Waals surface area contributed by atoms with Gasteiger partial charge in [-0.25, -0.2) is 0 Å². The smallest absolute Gasteiger partial charge is 0.120 e. The van der Waals surface area contributed by atoms with Gasteiger partial charge in [-0.2, -0.15) is 0 Å². The van der Waals surface area contributed by atoms with E-state index in [-0.39, 0.29) is 6.04 Å². The number of hydrogen-bond acceptors (Lipinski definition) is 4. The summed E-state index contributed by atoms with van der Waals surface area (Å²) in [5.41, 5.74) is 0.972. The number of phenols is 1. The number of nitrogens with zero attached hydrogens (tertiary/aromatic N) is 1. The van der Waals surface area contributed by atoms with Gasteiger partial charge in [-0.1, -0.05) is 0 Å². The van der Waals surface area contributed by atoms with E-state index in [9.17, 15) is 5.11 Å². The number of aromatic hydroxyl groups is 1. The van der Waals surface area contributed by atoms with Crippen molar-refractivity contribution in [1.29, 1.82) is 0 Å². The summed E-state index contributed by atoms with van der Waals surface area (Å²) in [7, 11) is 1.67. The van der Waals surface area contributed by atoms with E-state index in [0.717, 1.165) is 24.4 Å². The minimum Gasteiger partial charge on any atom is -0.508 e. The molecule has 2 aliphatic rings. The van der Waals surface area contributed by atoms with Crippen molar-refractivity contribution in [2.45, 2.75) is 50.7 Å². The van der Waals surface area contributed by atoms with Crippen molar-refractivity contribution >= 4 is 0 Å². The molecule has 2 N–H and O–H groups in total. The average molecular weight is 290 g/mol. The molecule has 2 fully saturated rings. The molecule has 116 valence electrons. The van der Waals surface area contributed by atoms with Crippen LogP contribution in [-0.2, 0) is 0 Å². The molecule has 21 heavy (non-hydrogen) atoms. The Bertz CT molecular complexity index is 486. The number of phenolic OH excluding ortho intramolecular Hbond substituents is 1. The number of ether oxygens (including phenoxy) is 1. The summed E-state index contributed by atoms with van der Waals surface area (Å²) in [4.78, 5) is 2.55. The third-order valence-electron chi connectivity index (χ3n) is 5.09. The summed E-state index contributed by atoms with van der Waals surface area (Å²) >= 11 is 0. The van der Waals surface area contributed by atoms with Gasteiger partial charge in [0.15, 0.2) is 0 Å². The molecule has 3 rings (SSSR count). The maximum Gasteiger partial charge on any atom is 0.120 e. The average Bonchev–Trinajstić information content (AvgIpc) is 3.17. The highest BCUT2D eigenvalue weighted by molar-refractivity contribution is 5.41. The second kappa shape index (κ2) is 6.24. The van der Waals surface area contributed by atoms with Gasteiger partial charge in [0.1, 0.15) is 11.5 Å². The highest BCUT2D eigenvalue weighted by Crippen LogP contribution is 2.37. The van der Waals surface area contributed by atoms with Gasteiger partial charge >= 0.3 is 0 Å². The Balaban J connectivity index is 1.81. The SMILES string of the molecule is COc1ccc(O)c(C(C)N2CCCC2C2CCCN2)c1. The monoisotopic (exact) mass is 290 g/mol. The van der Waals surface area contributed by atoms with Crippen molar-refractivity contribution in [3.63, 3.8) is 0 Å². The van der Waals surface area contributed by atoms with E-state index >= 15 is 0 Å². The quantitative estimate of drug-likeness (QED) is 0.895. The summed E-state index contributed by atoms with van der Waals surface area (Å²) in [6.07, 6.45) is 5.07. The molecular formula is C17H26N2O2. The Kier molecular flexibility index (Phi) is 4.36. The Morgan fingerprint density at radius 3 is 2.90 bits per heavy atom. The topological polar surface area (TPSA) is 44.7 Å². The van der Waals surface area contributed by atoms with Gasteiger partial charge in [-0.3, -0.25) is 4.90 Å². The Morgan fingerprint density at radius 2 is 2.19 bits per heavy atom. The van der Waals surface area contributed by atoms with Crippen LogP contribution in [0, 0.1) is 0 Å². The van der Waals surface area contributed by atoms with Gasteiger partial charge < -0.3 is 15.2 Å². The fourth-order valence-electron chi connectivity index (χ4n) is 3.94. The van der Waals surface area contributed by atoms with Crippen LogP contribution in [0.15, 0.2) is 18.2 Å². The zero-order valence-electron chi connectivity index (χ0n) is 13.0. The molecule has 3 atom stereocenters. The normalized spacial score (nSPS) is 27.9. The lowest BCUT2D eigenvalue weighted by atomic mass is 10.00. The molecule has 1 aromatic rings. The zero-order chi connectivity index (χ0) is 14.8. The molecule has 0 aliphatic carbocycles. The van der Waals surface area contributed by atoms with E-state index in [1.54, 1.807) is 13.2 Å². The Labute approximate surface area is 127 Å². The highest BCUT2D eigenvalue weighted by Gasteiger charge is 2.36. The van der Waals surface area contributed by atoms with E-state index in [1.165, 1.54) is 25.7 Å². The molecule has 1 aromatic carbocycles. The zero-order valence-corrected chi connectivity index (χ0v) is 13.0. The minimum absolute atomic E-state index is 0.218. The van der Waals surface area contributed by atoms with Gasteiger partial charge in [0.25, 0.3) is 0 Å². The van der Waals surface area contributed by atoms with Crippen LogP contribution in [0.25, 0.3) is 0 Å². The number of hydrogen-bond donors (Lipinski definition) is 2. The van der Waals surface area contributed by atoms with Crippen molar-refractivity contribution in [2.24, 2.45) is 0 Å². The van der Waals surface area contributed by atoms with E-state index in [4.69, 9.17) is 4.74 Å². The summed E-state index contributed by atoms with van der Waals surface area (Å²) in [5, 5.41) is 13.9. The molecule has 0 spiro atoms. The first kappa shape index (κ1) is 14.7. The molecule has 2 aliphatic heterocycles. The third-order valence-corrected chi connectivity index (χ3v) is 5.09. The minimum atomic E-state index is 0.218. The molecule has 0 amide bonds. The van der Waals surface area contributed by atoms with Crippen LogP contribution in [-0.4, -0.2) is 42.3 Å². The molecule has 2 heterocycles. The van der Waals surface area contributed by atoms with E-state index in [0.29, 0.717) is 17.8 Å². The first-order chi connectivity index (χ1) is 10.2. The number of nitrogens with one attached hydrogen (secondary N) is 1. The van der Waals surface area contributed by atoms with Crippen LogP contribution < -0.4 is 10.1 Å². The van der Waals surface area contributed by atoms with Crippen LogP contribution in [0.4, 0.5) is 0 Å². The summed E-state index contributed by atoms with van der Waals surface area (Å²) < 4.78 is 5.31. The highest BCUT2D eigenvalue weighted by atomic mass is 16.5. The molecule has 2 saturated heterocycles. The standard InChI is InChI=1S/C17H26N2O2/c1-12(14-11-13(21-2)7-8-17(14)20)19-10-4-6-16(19)15-5-3-9-18-15/h7-8,11-12,15-16,18,20H,3-6,9-10H2,1-2H3. The lowest BCUT2D eigenvalue weighted by Crippen LogP contribution is -2.44. The second-order valence-electron chi connectivity index (χ2n) is 6.25. The second-order valence-corrected chi connectivity index (χ2v) is 6.25. The number of likely N-dealkylation sites (tertiary alicyclic amines) is 1. The molecule has 4 heteroatoms. The van der Waals surface area contributed by atoms with Crippen LogP contribution in [0.1, 0.15) is 44.2 Å². The van der Waals surface area contributed by atoms with Crippen molar-refractivity contribution in [3.8, 4) is 11.5 Å². The maximum absolute atomic E-state index is 10.2. The molecular weight excluding hydrogens is 264 g/mol. The van der Waals surface area contributed by atoms with Crippen molar-refractivity contribution in [2.75, 3.05) is 20.2 Å². The third kappa shape index (κ3) is 2.87. The van der Waals surface area contributed by atoms with Crippen LogP contribution in [0.3, 0.4) is 0 Å². The van der Waals surface area contributed by atoms with Gasteiger partial charge in [0.05, 0.1) is 7.11 Å². The van der Waals surface area contributed by atoms with Crippen LogP contribution in [0.5, 0.6) is 11.5 Å². The largest absolute Gasteiger partial charge is 0.508 e.